The fourth-order valence-corrected chi connectivity index (χ4v) is 1.76. The SMILES string of the molecule is Nc1cccc(OCC2CCC2)c1C(=O)O. The normalized spacial score (nSPS) is 15.5. The molecule has 86 valence electrons. The van der Waals surface area contributed by atoms with Crippen molar-refractivity contribution in [1.29, 1.82) is 0 Å². The van der Waals surface area contributed by atoms with Crippen LogP contribution in [0.1, 0.15) is 29.6 Å². The molecule has 1 aromatic rings. The zero-order valence-electron chi connectivity index (χ0n) is 8.98. The first-order chi connectivity index (χ1) is 7.68. The predicted octanol–water partition coefficient (Wildman–Crippen LogP) is 2.15. The Morgan fingerprint density at radius 2 is 2.25 bits per heavy atom. The van der Waals surface area contributed by atoms with Gasteiger partial charge in [0.05, 0.1) is 6.61 Å². The molecule has 0 spiro atoms. The van der Waals surface area contributed by atoms with E-state index in [1.807, 2.05) is 0 Å². The van der Waals surface area contributed by atoms with Crippen molar-refractivity contribution in [3.05, 3.63) is 23.8 Å². The summed E-state index contributed by atoms with van der Waals surface area (Å²) in [5.41, 5.74) is 5.93. The van der Waals surface area contributed by atoms with Crippen molar-refractivity contribution in [2.24, 2.45) is 5.92 Å². The fourth-order valence-electron chi connectivity index (χ4n) is 1.76. The van der Waals surface area contributed by atoms with Crippen LogP contribution in [0, 0.1) is 5.92 Å². The molecule has 0 aliphatic heterocycles. The van der Waals surface area contributed by atoms with Gasteiger partial charge in [0.25, 0.3) is 0 Å². The number of carbonyl (C=O) groups is 1. The molecule has 1 saturated carbocycles. The Morgan fingerprint density at radius 1 is 1.50 bits per heavy atom. The van der Waals surface area contributed by atoms with E-state index in [1.54, 1.807) is 18.2 Å². The van der Waals surface area contributed by atoms with Crippen LogP contribution in [0.5, 0.6) is 5.75 Å². The number of hydrogen-bond acceptors (Lipinski definition) is 3. The largest absolute Gasteiger partial charge is 0.492 e. The molecule has 0 amide bonds. The third-order valence-electron chi connectivity index (χ3n) is 2.97. The highest BCUT2D eigenvalue weighted by Gasteiger charge is 2.20. The number of ether oxygens (including phenoxy) is 1. The molecule has 0 heterocycles. The zero-order chi connectivity index (χ0) is 11.5. The van der Waals surface area contributed by atoms with E-state index >= 15 is 0 Å². The van der Waals surface area contributed by atoms with Crippen molar-refractivity contribution in [2.75, 3.05) is 12.3 Å². The van der Waals surface area contributed by atoms with Crippen molar-refractivity contribution >= 4 is 11.7 Å². The maximum Gasteiger partial charge on any atom is 0.341 e. The van der Waals surface area contributed by atoms with E-state index in [0.717, 1.165) is 0 Å². The number of rotatable bonds is 4. The van der Waals surface area contributed by atoms with Crippen LogP contribution in [0.15, 0.2) is 18.2 Å². The number of carboxylic acids is 1. The summed E-state index contributed by atoms with van der Waals surface area (Å²) < 4.78 is 5.52. The summed E-state index contributed by atoms with van der Waals surface area (Å²) in [4.78, 5) is 11.0. The number of carboxylic acid groups (broad SMARTS) is 1. The van der Waals surface area contributed by atoms with E-state index in [0.29, 0.717) is 18.3 Å². The van der Waals surface area contributed by atoms with Gasteiger partial charge in [-0.05, 0) is 30.9 Å². The highest BCUT2D eigenvalue weighted by atomic mass is 16.5. The Labute approximate surface area is 94.0 Å². The first-order valence-corrected chi connectivity index (χ1v) is 5.43. The van der Waals surface area contributed by atoms with Gasteiger partial charge in [-0.2, -0.15) is 0 Å². The zero-order valence-corrected chi connectivity index (χ0v) is 8.98. The Hall–Kier alpha value is -1.71. The number of anilines is 1. The van der Waals surface area contributed by atoms with Crippen LogP contribution < -0.4 is 10.5 Å². The molecule has 4 heteroatoms. The molecule has 0 bridgehead atoms. The molecule has 0 atom stereocenters. The smallest absolute Gasteiger partial charge is 0.341 e. The minimum absolute atomic E-state index is 0.0711. The van der Waals surface area contributed by atoms with Crippen molar-refractivity contribution in [3.63, 3.8) is 0 Å². The van der Waals surface area contributed by atoms with Gasteiger partial charge < -0.3 is 15.6 Å². The second kappa shape index (κ2) is 4.43. The van der Waals surface area contributed by atoms with E-state index < -0.39 is 5.97 Å². The Balaban J connectivity index is 2.12. The second-order valence-electron chi connectivity index (χ2n) is 4.13. The molecule has 0 saturated heterocycles. The van der Waals surface area contributed by atoms with E-state index in [2.05, 4.69) is 0 Å². The first-order valence-electron chi connectivity index (χ1n) is 5.43. The molecule has 0 unspecified atom stereocenters. The lowest BCUT2D eigenvalue weighted by Crippen LogP contribution is -2.20. The lowest BCUT2D eigenvalue weighted by Gasteiger charge is -2.25. The molecule has 1 fully saturated rings. The molecule has 2 rings (SSSR count). The highest BCUT2D eigenvalue weighted by Crippen LogP contribution is 2.29. The predicted molar refractivity (Wildman–Crippen MR) is 60.6 cm³/mol. The number of nitrogens with two attached hydrogens (primary N) is 1. The van der Waals surface area contributed by atoms with Crippen molar-refractivity contribution in [3.8, 4) is 5.75 Å². The molecule has 16 heavy (non-hydrogen) atoms. The van der Waals surface area contributed by atoms with E-state index in [4.69, 9.17) is 15.6 Å². The van der Waals surface area contributed by atoms with Gasteiger partial charge in [-0.3, -0.25) is 0 Å². The second-order valence-corrected chi connectivity index (χ2v) is 4.13. The van der Waals surface area contributed by atoms with E-state index in [1.165, 1.54) is 19.3 Å². The van der Waals surface area contributed by atoms with Crippen LogP contribution in [-0.4, -0.2) is 17.7 Å². The topological polar surface area (TPSA) is 72.5 Å². The van der Waals surface area contributed by atoms with E-state index in [9.17, 15) is 4.79 Å². The van der Waals surface area contributed by atoms with Gasteiger partial charge in [0.2, 0.25) is 0 Å². The maximum atomic E-state index is 11.0. The highest BCUT2D eigenvalue weighted by molar-refractivity contribution is 5.96. The number of aromatic carboxylic acids is 1. The molecule has 0 radical (unpaired) electrons. The number of hydrogen-bond donors (Lipinski definition) is 2. The van der Waals surface area contributed by atoms with Gasteiger partial charge in [0.15, 0.2) is 0 Å². The van der Waals surface area contributed by atoms with Crippen LogP contribution in [-0.2, 0) is 0 Å². The summed E-state index contributed by atoms with van der Waals surface area (Å²) in [6.07, 6.45) is 3.59. The third-order valence-corrected chi connectivity index (χ3v) is 2.97. The van der Waals surface area contributed by atoms with E-state index in [-0.39, 0.29) is 11.3 Å². The molecule has 4 nitrogen and oxygen atoms in total. The first kappa shape index (κ1) is 10.8. The lowest BCUT2D eigenvalue weighted by molar-refractivity contribution is 0.0691. The van der Waals surface area contributed by atoms with Crippen LogP contribution in [0.3, 0.4) is 0 Å². The van der Waals surface area contributed by atoms with Gasteiger partial charge in [0, 0.05) is 5.69 Å². The van der Waals surface area contributed by atoms with Crippen molar-refractivity contribution < 1.29 is 14.6 Å². The third kappa shape index (κ3) is 2.10. The summed E-state index contributed by atoms with van der Waals surface area (Å²) in [5, 5.41) is 9.02. The van der Waals surface area contributed by atoms with Gasteiger partial charge >= 0.3 is 5.97 Å². The molecule has 0 aromatic heterocycles. The molecule has 3 N–H and O–H groups in total. The summed E-state index contributed by atoms with van der Waals surface area (Å²) in [7, 11) is 0. The summed E-state index contributed by atoms with van der Waals surface area (Å²) in [6, 6.07) is 4.93. The fraction of sp³-hybridized carbons (Fsp3) is 0.417. The average molecular weight is 221 g/mol. The number of benzene rings is 1. The lowest BCUT2D eigenvalue weighted by atomic mass is 9.86. The van der Waals surface area contributed by atoms with Gasteiger partial charge in [-0.1, -0.05) is 12.5 Å². The maximum absolute atomic E-state index is 11.0. The van der Waals surface area contributed by atoms with Gasteiger partial charge in [-0.15, -0.1) is 0 Å². The summed E-state index contributed by atoms with van der Waals surface area (Å²) >= 11 is 0. The Kier molecular flexibility index (Phi) is 2.99. The molecular formula is C12H15NO3. The molecule has 1 aliphatic carbocycles. The number of nitrogen functional groups attached to an aromatic ring is 1. The Morgan fingerprint density at radius 3 is 2.81 bits per heavy atom. The van der Waals surface area contributed by atoms with Crippen molar-refractivity contribution in [1.82, 2.24) is 0 Å². The Bertz CT molecular complexity index is 399. The van der Waals surface area contributed by atoms with Crippen LogP contribution in [0.2, 0.25) is 0 Å². The minimum atomic E-state index is -1.04. The van der Waals surface area contributed by atoms with Crippen molar-refractivity contribution in [2.45, 2.75) is 19.3 Å². The monoisotopic (exact) mass is 221 g/mol. The van der Waals surface area contributed by atoms with Gasteiger partial charge in [-0.25, -0.2) is 4.79 Å². The quantitative estimate of drug-likeness (QED) is 0.764. The van der Waals surface area contributed by atoms with Crippen LogP contribution in [0.25, 0.3) is 0 Å². The summed E-state index contributed by atoms with van der Waals surface area (Å²) in [5.74, 6) is -0.0933. The molecule has 1 aromatic carbocycles. The van der Waals surface area contributed by atoms with Crippen LogP contribution >= 0.6 is 0 Å². The standard InChI is InChI=1S/C12H15NO3/c13-9-5-2-6-10(11(9)12(14)15)16-7-8-3-1-4-8/h2,5-6,8H,1,3-4,7,13H2,(H,14,15). The molecular weight excluding hydrogens is 206 g/mol. The van der Waals surface area contributed by atoms with Gasteiger partial charge in [0.1, 0.15) is 11.3 Å². The van der Waals surface area contributed by atoms with Crippen LogP contribution in [0.4, 0.5) is 5.69 Å². The average Bonchev–Trinajstić information content (AvgIpc) is 2.14. The molecule has 1 aliphatic rings. The summed E-state index contributed by atoms with van der Waals surface area (Å²) in [6.45, 7) is 0.587. The minimum Gasteiger partial charge on any atom is -0.492 e.